The second-order valence-electron chi connectivity index (χ2n) is 7.36. The van der Waals surface area contributed by atoms with E-state index in [9.17, 15) is 9.90 Å². The summed E-state index contributed by atoms with van der Waals surface area (Å²) in [6, 6.07) is -0.271. The van der Waals surface area contributed by atoms with Crippen molar-refractivity contribution in [1.29, 1.82) is 0 Å². The zero-order valence-electron chi connectivity index (χ0n) is 14.6. The van der Waals surface area contributed by atoms with Gasteiger partial charge in [-0.2, -0.15) is 5.10 Å². The van der Waals surface area contributed by atoms with Crippen LogP contribution in [-0.2, 0) is 6.54 Å². The lowest BCUT2D eigenvalue weighted by Gasteiger charge is -2.17. The molecule has 2 heterocycles. The summed E-state index contributed by atoms with van der Waals surface area (Å²) in [5.41, 5.74) is 1.37. The molecule has 7 nitrogen and oxygen atoms in total. The fourth-order valence-electron chi connectivity index (χ4n) is 3.70. The molecule has 2 N–H and O–H groups in total. The highest BCUT2D eigenvalue weighted by Crippen LogP contribution is 2.40. The van der Waals surface area contributed by atoms with Crippen molar-refractivity contribution in [2.45, 2.75) is 57.2 Å². The largest absolute Gasteiger partial charge is 0.391 e. The highest BCUT2D eigenvalue weighted by atomic mass is 35.5. The molecule has 1 unspecified atom stereocenters. The van der Waals surface area contributed by atoms with E-state index in [4.69, 9.17) is 11.6 Å². The van der Waals surface area contributed by atoms with Crippen LogP contribution in [0.2, 0.25) is 5.02 Å². The maximum atomic E-state index is 12.7. The zero-order chi connectivity index (χ0) is 18.3. The van der Waals surface area contributed by atoms with Crippen LogP contribution in [0.25, 0.3) is 0 Å². The zero-order valence-corrected chi connectivity index (χ0v) is 15.4. The lowest BCUT2D eigenvalue weighted by Crippen LogP contribution is -2.40. The second kappa shape index (κ2) is 6.96. The van der Waals surface area contributed by atoms with E-state index in [-0.39, 0.29) is 17.9 Å². The maximum Gasteiger partial charge on any atom is 0.255 e. The van der Waals surface area contributed by atoms with Crippen molar-refractivity contribution in [3.05, 3.63) is 40.7 Å². The molecule has 138 valence electrons. The summed E-state index contributed by atoms with van der Waals surface area (Å²) >= 11 is 5.89. The number of nitrogens with one attached hydrogen (secondary N) is 1. The molecule has 26 heavy (non-hydrogen) atoms. The summed E-state index contributed by atoms with van der Waals surface area (Å²) < 4.78 is 1.78. The van der Waals surface area contributed by atoms with Crippen molar-refractivity contribution in [3.8, 4) is 0 Å². The van der Waals surface area contributed by atoms with E-state index in [0.29, 0.717) is 41.7 Å². The maximum absolute atomic E-state index is 12.7. The number of carbonyl (C=O) groups excluding carboxylic acids is 1. The van der Waals surface area contributed by atoms with E-state index in [2.05, 4.69) is 20.4 Å². The van der Waals surface area contributed by atoms with Crippen LogP contribution in [0.15, 0.2) is 18.6 Å². The molecule has 0 radical (unpaired) electrons. The summed E-state index contributed by atoms with van der Waals surface area (Å²) in [4.78, 5) is 21.4. The van der Waals surface area contributed by atoms with Gasteiger partial charge in [-0.05, 0) is 38.5 Å². The Balaban J connectivity index is 1.41. The van der Waals surface area contributed by atoms with Gasteiger partial charge in [-0.3, -0.25) is 9.48 Å². The number of hydrogen-bond donors (Lipinski definition) is 2. The van der Waals surface area contributed by atoms with Gasteiger partial charge in [-0.25, -0.2) is 9.97 Å². The molecular weight excluding hydrogens is 354 g/mol. The summed E-state index contributed by atoms with van der Waals surface area (Å²) in [5, 5.41) is 18.1. The van der Waals surface area contributed by atoms with Crippen molar-refractivity contribution in [2.24, 2.45) is 5.92 Å². The molecule has 2 saturated carbocycles. The van der Waals surface area contributed by atoms with Crippen LogP contribution in [-0.4, -0.2) is 42.9 Å². The number of nitrogens with zero attached hydrogens (tertiary/aromatic N) is 4. The summed E-state index contributed by atoms with van der Waals surface area (Å²) in [6.07, 6.45) is 7.88. The third kappa shape index (κ3) is 3.73. The van der Waals surface area contributed by atoms with Gasteiger partial charge in [0.1, 0.15) is 5.82 Å². The van der Waals surface area contributed by atoms with Gasteiger partial charge in [0.25, 0.3) is 5.91 Å². The van der Waals surface area contributed by atoms with Crippen LogP contribution in [0.1, 0.15) is 53.5 Å². The van der Waals surface area contributed by atoms with Gasteiger partial charge in [0, 0.05) is 24.9 Å². The fraction of sp³-hybridized carbons (Fsp3) is 0.556. The van der Waals surface area contributed by atoms with Gasteiger partial charge >= 0.3 is 0 Å². The molecule has 2 aromatic heterocycles. The van der Waals surface area contributed by atoms with Gasteiger partial charge < -0.3 is 10.4 Å². The summed E-state index contributed by atoms with van der Waals surface area (Å²) in [5.74, 6) is 1.09. The first kappa shape index (κ1) is 17.4. The average Bonchev–Trinajstić information content (AvgIpc) is 3.28. The summed E-state index contributed by atoms with van der Waals surface area (Å²) in [7, 11) is 0. The molecule has 2 aromatic rings. The van der Waals surface area contributed by atoms with Crippen molar-refractivity contribution < 1.29 is 9.90 Å². The molecule has 2 aliphatic carbocycles. The topological polar surface area (TPSA) is 92.9 Å². The number of aromatic nitrogens is 4. The van der Waals surface area contributed by atoms with E-state index in [1.54, 1.807) is 23.3 Å². The monoisotopic (exact) mass is 375 g/mol. The minimum atomic E-state index is -0.564. The third-order valence-corrected chi connectivity index (χ3v) is 5.33. The molecule has 0 spiro atoms. The Kier molecular flexibility index (Phi) is 4.67. The highest BCUT2D eigenvalue weighted by Gasteiger charge is 2.36. The number of rotatable bonds is 5. The average molecular weight is 376 g/mol. The van der Waals surface area contributed by atoms with Crippen LogP contribution >= 0.6 is 11.6 Å². The van der Waals surface area contributed by atoms with Gasteiger partial charge in [-0.1, -0.05) is 11.6 Å². The Morgan fingerprint density at radius 1 is 1.38 bits per heavy atom. The van der Waals surface area contributed by atoms with E-state index < -0.39 is 6.10 Å². The second-order valence-corrected chi connectivity index (χ2v) is 7.79. The molecule has 3 atom stereocenters. The van der Waals surface area contributed by atoms with Gasteiger partial charge in [0.2, 0.25) is 0 Å². The molecule has 0 aliphatic heterocycles. The highest BCUT2D eigenvalue weighted by molar-refractivity contribution is 6.30. The number of hydrogen-bond acceptors (Lipinski definition) is 5. The van der Waals surface area contributed by atoms with Gasteiger partial charge in [0.15, 0.2) is 0 Å². The predicted molar refractivity (Wildman–Crippen MR) is 96.0 cm³/mol. The molecule has 8 heteroatoms. The molecule has 0 bridgehead atoms. The minimum absolute atomic E-state index is 0.196. The first-order chi connectivity index (χ1) is 12.5. The number of carbonyl (C=O) groups is 1. The normalized spacial score (nSPS) is 25.4. The predicted octanol–water partition coefficient (Wildman–Crippen LogP) is 2.08. The minimum Gasteiger partial charge on any atom is -0.391 e. The van der Waals surface area contributed by atoms with Crippen LogP contribution in [0, 0.1) is 12.8 Å². The number of aliphatic hydroxyl groups is 1. The first-order valence-corrected chi connectivity index (χ1v) is 9.38. The quantitative estimate of drug-likeness (QED) is 0.834. The number of aliphatic hydroxyl groups excluding tert-OH is 1. The molecule has 0 saturated heterocycles. The number of amides is 1. The lowest BCUT2D eigenvalue weighted by atomic mass is 10.1. The van der Waals surface area contributed by atoms with Gasteiger partial charge in [-0.15, -0.1) is 0 Å². The van der Waals surface area contributed by atoms with E-state index >= 15 is 0 Å². The molecule has 2 aliphatic rings. The molecular formula is C18H22ClN5O2. The van der Waals surface area contributed by atoms with Crippen molar-refractivity contribution in [3.63, 3.8) is 0 Å². The summed E-state index contributed by atoms with van der Waals surface area (Å²) in [6.45, 7) is 2.51. The number of aryl methyl sites for hydroxylation is 1. The third-order valence-electron chi connectivity index (χ3n) is 5.14. The Morgan fingerprint density at radius 3 is 2.88 bits per heavy atom. The molecule has 0 aromatic carbocycles. The van der Waals surface area contributed by atoms with Gasteiger partial charge in [0.05, 0.1) is 34.6 Å². The Morgan fingerprint density at radius 2 is 2.19 bits per heavy atom. The molecule has 4 rings (SSSR count). The molecule has 1 amide bonds. The number of halogens is 1. The fourth-order valence-corrected chi connectivity index (χ4v) is 3.86. The Bertz CT molecular complexity index is 820. The van der Waals surface area contributed by atoms with Crippen molar-refractivity contribution in [1.82, 2.24) is 25.1 Å². The Hall–Kier alpha value is -1.99. The van der Waals surface area contributed by atoms with Crippen LogP contribution in [0.5, 0.6) is 0 Å². The first-order valence-electron chi connectivity index (χ1n) is 9.00. The van der Waals surface area contributed by atoms with Crippen LogP contribution in [0.4, 0.5) is 0 Å². The standard InChI is InChI=1S/C18H22ClN5O2/c1-10-20-7-14(17(22-10)12-2-3-12)18(26)23-15-4-11(5-16(15)25)8-24-9-13(19)6-21-24/h6-7,9,11-12,15-16,25H,2-5,8H2,1H3,(H,23,26)/t11?,15-,16-/m1/s1. The molecule has 2 fully saturated rings. The van der Waals surface area contributed by atoms with Crippen molar-refractivity contribution >= 4 is 17.5 Å². The Labute approximate surface area is 156 Å². The van der Waals surface area contributed by atoms with E-state index in [1.807, 2.05) is 6.92 Å². The lowest BCUT2D eigenvalue weighted by molar-refractivity contribution is 0.0871. The van der Waals surface area contributed by atoms with Crippen molar-refractivity contribution in [2.75, 3.05) is 0 Å². The van der Waals surface area contributed by atoms with Crippen LogP contribution < -0.4 is 5.32 Å². The van der Waals surface area contributed by atoms with E-state index in [0.717, 1.165) is 18.5 Å². The SMILES string of the molecule is Cc1ncc(C(=O)N[C@@H]2CC(Cn3cc(Cl)cn3)C[C@H]2O)c(C2CC2)n1. The smallest absolute Gasteiger partial charge is 0.255 e. The van der Waals surface area contributed by atoms with Crippen LogP contribution in [0.3, 0.4) is 0 Å². The van der Waals surface area contributed by atoms with E-state index in [1.165, 1.54) is 0 Å².